The Morgan fingerprint density at radius 3 is 2.45 bits per heavy atom. The van der Waals surface area contributed by atoms with Crippen LogP contribution in [0.5, 0.6) is 0 Å². The van der Waals surface area contributed by atoms with Crippen LogP contribution in [0.1, 0.15) is 50.3 Å². The minimum atomic E-state index is 0.154. The number of anilines is 1. The Kier molecular flexibility index (Phi) is 3.28. The van der Waals surface area contributed by atoms with Crippen LogP contribution in [0.3, 0.4) is 0 Å². The van der Waals surface area contributed by atoms with Gasteiger partial charge in [0.15, 0.2) is 0 Å². The second-order valence-electron chi connectivity index (χ2n) is 5.98. The Hall–Kier alpha value is -1.77. The van der Waals surface area contributed by atoms with E-state index < -0.39 is 0 Å². The van der Waals surface area contributed by atoms with Crippen LogP contribution in [0.25, 0.3) is 11.1 Å². The van der Waals surface area contributed by atoms with Gasteiger partial charge in [0.05, 0.1) is 11.3 Å². The third kappa shape index (κ3) is 2.01. The zero-order valence-corrected chi connectivity index (χ0v) is 12.3. The zero-order chi connectivity index (χ0) is 14.2. The van der Waals surface area contributed by atoms with E-state index in [1.54, 1.807) is 0 Å². The van der Waals surface area contributed by atoms with Crippen molar-refractivity contribution in [3.05, 3.63) is 35.5 Å². The van der Waals surface area contributed by atoms with Gasteiger partial charge in [0.1, 0.15) is 0 Å². The number of hydrogen-bond acceptors (Lipinski definition) is 3. The van der Waals surface area contributed by atoms with E-state index in [4.69, 9.17) is 10.3 Å². The van der Waals surface area contributed by atoms with Crippen molar-refractivity contribution in [2.45, 2.75) is 51.4 Å². The molecule has 20 heavy (non-hydrogen) atoms. The van der Waals surface area contributed by atoms with E-state index in [9.17, 15) is 0 Å². The smallest absolute Gasteiger partial charge is 0.230 e. The number of nitrogens with two attached hydrogens (primary N) is 1. The molecule has 0 amide bonds. The lowest BCUT2D eigenvalue weighted by Crippen LogP contribution is -2.22. The quantitative estimate of drug-likeness (QED) is 0.896. The van der Waals surface area contributed by atoms with Crippen molar-refractivity contribution in [2.75, 3.05) is 5.73 Å². The third-order valence-corrected chi connectivity index (χ3v) is 4.80. The molecule has 0 atom stereocenters. The lowest BCUT2D eigenvalue weighted by Gasteiger charge is -2.26. The molecule has 3 nitrogen and oxygen atoms in total. The number of aromatic nitrogens is 1. The Morgan fingerprint density at radius 2 is 1.85 bits per heavy atom. The first-order valence-electron chi connectivity index (χ1n) is 7.49. The molecule has 1 aromatic heterocycles. The number of nitrogens with zero attached hydrogens (tertiary/aromatic N) is 1. The van der Waals surface area contributed by atoms with E-state index in [0.29, 0.717) is 5.88 Å². The highest BCUT2D eigenvalue weighted by atomic mass is 16.5. The fraction of sp³-hybridized carbons (Fsp3) is 0.471. The van der Waals surface area contributed by atoms with Gasteiger partial charge in [0, 0.05) is 5.41 Å². The van der Waals surface area contributed by atoms with Gasteiger partial charge in [-0.25, -0.2) is 0 Å². The average Bonchev–Trinajstić information content (AvgIpc) is 3.07. The summed E-state index contributed by atoms with van der Waals surface area (Å²) >= 11 is 0. The maximum Gasteiger partial charge on any atom is 0.230 e. The Bertz CT molecular complexity index is 592. The number of benzene rings is 1. The van der Waals surface area contributed by atoms with Crippen LogP contribution in [0.4, 0.5) is 5.88 Å². The van der Waals surface area contributed by atoms with Crippen LogP contribution in [-0.4, -0.2) is 5.16 Å². The molecule has 1 heterocycles. The summed E-state index contributed by atoms with van der Waals surface area (Å²) in [7, 11) is 0. The molecule has 3 rings (SSSR count). The van der Waals surface area contributed by atoms with Crippen LogP contribution < -0.4 is 5.73 Å². The predicted molar refractivity (Wildman–Crippen MR) is 81.5 cm³/mol. The monoisotopic (exact) mass is 270 g/mol. The summed E-state index contributed by atoms with van der Waals surface area (Å²) in [6.45, 7) is 4.33. The molecule has 1 aliphatic rings. The summed E-state index contributed by atoms with van der Waals surface area (Å²) in [5.41, 5.74) is 10.7. The molecule has 0 radical (unpaired) electrons. The van der Waals surface area contributed by atoms with Crippen molar-refractivity contribution in [1.82, 2.24) is 5.16 Å². The van der Waals surface area contributed by atoms with Gasteiger partial charge in [-0.15, -0.1) is 0 Å². The van der Waals surface area contributed by atoms with Crippen molar-refractivity contribution in [1.29, 1.82) is 0 Å². The summed E-state index contributed by atoms with van der Waals surface area (Å²) in [5.74, 6) is 0.448. The maximum atomic E-state index is 6.06. The second-order valence-corrected chi connectivity index (χ2v) is 5.98. The van der Waals surface area contributed by atoms with Gasteiger partial charge < -0.3 is 10.3 Å². The van der Waals surface area contributed by atoms with Gasteiger partial charge in [0.25, 0.3) is 0 Å². The number of aryl methyl sites for hydroxylation is 1. The molecule has 0 aliphatic heterocycles. The summed E-state index contributed by atoms with van der Waals surface area (Å²) < 4.78 is 5.35. The summed E-state index contributed by atoms with van der Waals surface area (Å²) in [6.07, 6.45) is 6.02. The number of rotatable bonds is 3. The molecule has 0 unspecified atom stereocenters. The molecule has 2 N–H and O–H groups in total. The van der Waals surface area contributed by atoms with E-state index in [0.717, 1.165) is 23.2 Å². The Labute approximate surface area is 120 Å². The van der Waals surface area contributed by atoms with E-state index in [1.165, 1.54) is 31.2 Å². The standard InChI is InChI=1S/C17H22N2O/c1-3-17(10-4-5-11-17)15-14(16(18)20-19-15)13-8-6-12(2)7-9-13/h6-9H,3-5,10-11,18H2,1-2H3. The van der Waals surface area contributed by atoms with Crippen LogP contribution in [0.15, 0.2) is 28.8 Å². The van der Waals surface area contributed by atoms with Gasteiger partial charge in [-0.1, -0.05) is 54.8 Å². The van der Waals surface area contributed by atoms with E-state index in [2.05, 4.69) is 43.3 Å². The maximum absolute atomic E-state index is 6.06. The highest BCUT2D eigenvalue weighted by molar-refractivity contribution is 5.76. The van der Waals surface area contributed by atoms with E-state index in [-0.39, 0.29) is 5.41 Å². The molecule has 2 aromatic rings. The third-order valence-electron chi connectivity index (χ3n) is 4.80. The molecule has 106 valence electrons. The molecular weight excluding hydrogens is 248 g/mol. The van der Waals surface area contributed by atoms with Crippen molar-refractivity contribution in [3.8, 4) is 11.1 Å². The van der Waals surface area contributed by atoms with Crippen molar-refractivity contribution >= 4 is 5.88 Å². The summed E-state index contributed by atoms with van der Waals surface area (Å²) in [4.78, 5) is 0. The van der Waals surface area contributed by atoms with Crippen LogP contribution in [0, 0.1) is 6.92 Å². The molecule has 1 aromatic carbocycles. The number of hydrogen-bond donors (Lipinski definition) is 1. The summed E-state index contributed by atoms with van der Waals surface area (Å²) in [5, 5.41) is 4.34. The molecule has 0 bridgehead atoms. The minimum absolute atomic E-state index is 0.154. The molecule has 1 fully saturated rings. The lowest BCUT2D eigenvalue weighted by molar-refractivity contribution is 0.361. The van der Waals surface area contributed by atoms with E-state index in [1.807, 2.05) is 0 Å². The SMILES string of the molecule is CCC1(c2noc(N)c2-c2ccc(C)cc2)CCCC1. The molecule has 1 aliphatic carbocycles. The summed E-state index contributed by atoms with van der Waals surface area (Å²) in [6, 6.07) is 8.44. The van der Waals surface area contributed by atoms with Crippen molar-refractivity contribution < 1.29 is 4.52 Å². The predicted octanol–water partition coefficient (Wildman–Crippen LogP) is 4.45. The molecule has 0 spiro atoms. The van der Waals surface area contributed by atoms with Crippen molar-refractivity contribution in [2.24, 2.45) is 0 Å². The highest BCUT2D eigenvalue weighted by Gasteiger charge is 2.39. The normalized spacial score (nSPS) is 17.5. The van der Waals surface area contributed by atoms with Crippen LogP contribution in [-0.2, 0) is 5.41 Å². The lowest BCUT2D eigenvalue weighted by atomic mass is 9.77. The van der Waals surface area contributed by atoms with Gasteiger partial charge in [0.2, 0.25) is 5.88 Å². The largest absolute Gasteiger partial charge is 0.367 e. The average molecular weight is 270 g/mol. The van der Waals surface area contributed by atoms with Gasteiger partial charge in [-0.05, 0) is 31.7 Å². The Morgan fingerprint density at radius 1 is 1.20 bits per heavy atom. The minimum Gasteiger partial charge on any atom is -0.367 e. The molecule has 3 heteroatoms. The molecule has 0 saturated heterocycles. The van der Waals surface area contributed by atoms with Gasteiger partial charge >= 0.3 is 0 Å². The first kappa shape index (κ1) is 13.2. The zero-order valence-electron chi connectivity index (χ0n) is 12.3. The van der Waals surface area contributed by atoms with E-state index >= 15 is 0 Å². The van der Waals surface area contributed by atoms with Crippen LogP contribution in [0.2, 0.25) is 0 Å². The number of nitrogen functional groups attached to an aromatic ring is 1. The topological polar surface area (TPSA) is 52.0 Å². The van der Waals surface area contributed by atoms with Gasteiger partial charge in [-0.3, -0.25) is 0 Å². The fourth-order valence-electron chi connectivity index (χ4n) is 3.47. The fourth-order valence-corrected chi connectivity index (χ4v) is 3.47. The first-order valence-corrected chi connectivity index (χ1v) is 7.49. The molecular formula is C17H22N2O. The Balaban J connectivity index is 2.12. The first-order chi connectivity index (χ1) is 9.66. The second kappa shape index (κ2) is 4.97. The molecule has 1 saturated carbocycles. The van der Waals surface area contributed by atoms with Crippen LogP contribution >= 0.6 is 0 Å². The highest BCUT2D eigenvalue weighted by Crippen LogP contribution is 2.48. The van der Waals surface area contributed by atoms with Crippen molar-refractivity contribution in [3.63, 3.8) is 0 Å². The van der Waals surface area contributed by atoms with Gasteiger partial charge in [-0.2, -0.15) is 0 Å².